The summed E-state index contributed by atoms with van der Waals surface area (Å²) in [7, 11) is -3.10. The average molecular weight is 455 g/mol. The van der Waals surface area contributed by atoms with Crippen molar-refractivity contribution in [3.8, 4) is 0 Å². The maximum absolute atomic E-state index is 13.5. The highest BCUT2D eigenvalue weighted by Gasteiger charge is 2.57. The molecule has 162 valence electrons. The molecule has 3 heterocycles. The van der Waals surface area contributed by atoms with E-state index in [-0.39, 0.29) is 41.8 Å². The van der Waals surface area contributed by atoms with Gasteiger partial charge in [-0.2, -0.15) is 18.2 Å². The maximum atomic E-state index is 13.5. The highest BCUT2D eigenvalue weighted by atomic mass is 35.5. The Bertz CT molecular complexity index is 944. The maximum Gasteiger partial charge on any atom is 0.435 e. The lowest BCUT2D eigenvalue weighted by Crippen LogP contribution is -2.67. The number of hydrogen-bond acceptors (Lipinski definition) is 7. The molecule has 1 aliphatic carbocycles. The highest BCUT2D eigenvalue weighted by Crippen LogP contribution is 2.54. The summed E-state index contributed by atoms with van der Waals surface area (Å²) in [6, 6.07) is -0.441. The van der Waals surface area contributed by atoms with E-state index in [4.69, 9.17) is 11.6 Å². The molecule has 4 atom stereocenters. The Morgan fingerprint density at radius 1 is 1.28 bits per heavy atom. The van der Waals surface area contributed by atoms with Gasteiger partial charge < -0.3 is 14.9 Å². The van der Waals surface area contributed by atoms with Gasteiger partial charge in [-0.15, -0.1) is 0 Å². The average Bonchev–Trinajstić information content (AvgIpc) is 3.01. The molecule has 1 saturated carbocycles. The van der Waals surface area contributed by atoms with Gasteiger partial charge in [0.15, 0.2) is 11.5 Å². The molecule has 4 rings (SSSR count). The number of anilines is 2. The van der Waals surface area contributed by atoms with Crippen LogP contribution in [0.2, 0.25) is 5.02 Å². The van der Waals surface area contributed by atoms with Crippen LogP contribution in [0, 0.1) is 17.8 Å². The Labute approximate surface area is 171 Å². The third kappa shape index (κ3) is 3.65. The normalized spacial score (nSPS) is 34.2. The van der Waals surface area contributed by atoms with Crippen molar-refractivity contribution in [2.24, 2.45) is 17.8 Å². The first-order valence-corrected chi connectivity index (χ1v) is 11.7. The van der Waals surface area contributed by atoms with Crippen LogP contribution < -0.4 is 9.80 Å². The number of sulfone groups is 1. The monoisotopic (exact) mass is 454 g/mol. The first-order valence-electron chi connectivity index (χ1n) is 9.25. The van der Waals surface area contributed by atoms with Gasteiger partial charge in [-0.05, 0) is 31.6 Å². The molecule has 1 aromatic rings. The van der Waals surface area contributed by atoms with E-state index in [0.29, 0.717) is 13.1 Å². The van der Waals surface area contributed by atoms with Crippen LogP contribution in [0.15, 0.2) is 0 Å². The number of aliphatic hydroxyl groups is 1. The minimum atomic E-state index is -4.75. The summed E-state index contributed by atoms with van der Waals surface area (Å²) in [6.45, 7) is 4.23. The molecule has 2 aliphatic heterocycles. The molecule has 0 radical (unpaired) electrons. The number of nitrogens with zero attached hydrogens (tertiary/aromatic N) is 4. The van der Waals surface area contributed by atoms with Crippen molar-refractivity contribution in [1.82, 2.24) is 9.97 Å². The van der Waals surface area contributed by atoms with Crippen LogP contribution in [0.5, 0.6) is 0 Å². The third-order valence-electron chi connectivity index (χ3n) is 6.37. The van der Waals surface area contributed by atoms with Crippen LogP contribution in [0.1, 0.15) is 19.5 Å². The first kappa shape index (κ1) is 20.9. The summed E-state index contributed by atoms with van der Waals surface area (Å²) in [5, 5.41) is 9.58. The van der Waals surface area contributed by atoms with Gasteiger partial charge in [-0.3, -0.25) is 0 Å². The van der Waals surface area contributed by atoms with E-state index in [1.54, 1.807) is 18.7 Å². The van der Waals surface area contributed by atoms with Gasteiger partial charge >= 0.3 is 6.18 Å². The number of fused-ring (bicyclic) bond motifs is 1. The molecule has 12 heteroatoms. The molecule has 7 nitrogen and oxygen atoms in total. The van der Waals surface area contributed by atoms with Crippen molar-refractivity contribution >= 4 is 33.2 Å². The predicted octanol–water partition coefficient (Wildman–Crippen LogP) is 1.84. The molecule has 3 fully saturated rings. The second-order valence-corrected chi connectivity index (χ2v) is 11.2. The van der Waals surface area contributed by atoms with Gasteiger partial charge in [-0.25, -0.2) is 13.4 Å². The molecule has 3 aliphatic rings. The first-order chi connectivity index (χ1) is 13.2. The van der Waals surface area contributed by atoms with Crippen molar-refractivity contribution in [2.45, 2.75) is 31.7 Å². The number of alkyl halides is 3. The van der Waals surface area contributed by atoms with Crippen LogP contribution >= 0.6 is 11.6 Å². The van der Waals surface area contributed by atoms with Crippen molar-refractivity contribution < 1.29 is 26.7 Å². The molecule has 29 heavy (non-hydrogen) atoms. The summed E-state index contributed by atoms with van der Waals surface area (Å²) in [4.78, 5) is 11.1. The quantitative estimate of drug-likeness (QED) is 0.742. The van der Waals surface area contributed by atoms with Gasteiger partial charge in [0.25, 0.3) is 0 Å². The van der Waals surface area contributed by atoms with Gasteiger partial charge in [0.2, 0.25) is 5.95 Å². The Hall–Kier alpha value is -1.33. The minimum absolute atomic E-state index is 0.00744. The number of β-amino-alcohol motifs (C(OH)–C–C–N with tert-alkyl or cyclic N) is 1. The summed E-state index contributed by atoms with van der Waals surface area (Å²) < 4.78 is 63.6. The van der Waals surface area contributed by atoms with E-state index in [1.807, 2.05) is 0 Å². The Morgan fingerprint density at radius 3 is 2.31 bits per heavy atom. The smallest absolute Gasteiger partial charge is 0.386 e. The molecular formula is C17H22ClF3N4O3S. The van der Waals surface area contributed by atoms with E-state index in [1.165, 1.54) is 11.2 Å². The zero-order valence-corrected chi connectivity index (χ0v) is 17.7. The summed E-state index contributed by atoms with van der Waals surface area (Å²) in [5.41, 5.74) is -2.23. The topological polar surface area (TPSA) is 86.6 Å². The molecule has 1 N–H and O–H groups in total. The van der Waals surface area contributed by atoms with Crippen molar-refractivity contribution in [2.75, 3.05) is 41.4 Å². The highest BCUT2D eigenvalue weighted by molar-refractivity contribution is 7.90. The van der Waals surface area contributed by atoms with Gasteiger partial charge in [-0.1, -0.05) is 11.6 Å². The van der Waals surface area contributed by atoms with Crippen LogP contribution in [0.3, 0.4) is 0 Å². The number of piperidine rings is 1. The van der Waals surface area contributed by atoms with E-state index >= 15 is 0 Å². The molecule has 0 amide bonds. The Balaban J connectivity index is 1.62. The zero-order chi connectivity index (χ0) is 21.5. The number of aromatic nitrogens is 2. The van der Waals surface area contributed by atoms with Crippen molar-refractivity contribution in [3.63, 3.8) is 0 Å². The molecule has 0 aromatic carbocycles. The lowest BCUT2D eigenvalue weighted by molar-refractivity contribution is -0.141. The van der Waals surface area contributed by atoms with E-state index in [9.17, 15) is 26.7 Å². The number of rotatable bonds is 4. The molecule has 2 unspecified atom stereocenters. The third-order valence-corrected chi connectivity index (χ3v) is 7.71. The molecule has 1 aromatic heterocycles. The van der Waals surface area contributed by atoms with Crippen LogP contribution in [-0.2, 0) is 16.0 Å². The lowest BCUT2D eigenvalue weighted by atomic mass is 9.87. The Morgan fingerprint density at radius 2 is 1.86 bits per heavy atom. The molecule has 0 bridgehead atoms. The van der Waals surface area contributed by atoms with Gasteiger partial charge in [0.1, 0.15) is 14.9 Å². The number of halogens is 4. The fraction of sp³-hybridized carbons (Fsp3) is 0.765. The van der Waals surface area contributed by atoms with E-state index in [0.717, 1.165) is 0 Å². The van der Waals surface area contributed by atoms with E-state index < -0.39 is 38.4 Å². The van der Waals surface area contributed by atoms with Crippen LogP contribution in [0.25, 0.3) is 0 Å². The molecule has 0 spiro atoms. The number of hydrogen-bond donors (Lipinski definition) is 1. The standard InChI is InChI=1S/C17H22ClF3N4O3S/c1-8-16(2,26)7-25(8)15-22-13(17(19,20)21)12(18)14(23-15)24-4-9-10(5-24)11(9)6-29(3,27)28/h8-11,26H,4-7H2,1-3H3/t8-,9?,10?,11?,16+/m0/s1. The minimum Gasteiger partial charge on any atom is -0.386 e. The zero-order valence-electron chi connectivity index (χ0n) is 16.1. The summed E-state index contributed by atoms with van der Waals surface area (Å²) in [5.74, 6) is 0.230. The Kier molecular flexibility index (Phi) is 4.57. The van der Waals surface area contributed by atoms with Gasteiger partial charge in [0.05, 0.1) is 23.9 Å². The van der Waals surface area contributed by atoms with Crippen LogP contribution in [-0.4, -0.2) is 66.8 Å². The van der Waals surface area contributed by atoms with Crippen molar-refractivity contribution in [3.05, 3.63) is 10.7 Å². The summed E-state index contributed by atoms with van der Waals surface area (Å²) >= 11 is 6.06. The fourth-order valence-electron chi connectivity index (χ4n) is 4.45. The predicted molar refractivity (Wildman–Crippen MR) is 102 cm³/mol. The van der Waals surface area contributed by atoms with Gasteiger partial charge in [0, 0.05) is 19.3 Å². The fourth-order valence-corrected chi connectivity index (χ4v) is 5.95. The second-order valence-electron chi connectivity index (χ2n) is 8.66. The van der Waals surface area contributed by atoms with E-state index in [2.05, 4.69) is 9.97 Å². The largest absolute Gasteiger partial charge is 0.435 e. The lowest BCUT2D eigenvalue weighted by Gasteiger charge is -2.51. The second kappa shape index (κ2) is 6.34. The van der Waals surface area contributed by atoms with Crippen LogP contribution in [0.4, 0.5) is 24.9 Å². The van der Waals surface area contributed by atoms with Crippen molar-refractivity contribution in [1.29, 1.82) is 0 Å². The molecule has 2 saturated heterocycles. The summed E-state index contributed by atoms with van der Waals surface area (Å²) in [6.07, 6.45) is -3.56. The molecular weight excluding hydrogens is 433 g/mol. The SMILES string of the molecule is C[C@@H]1N(c2nc(N3CC4C(C3)C4CS(C)(=O)=O)c(Cl)c(C(F)(F)F)n2)C[C@@]1(C)O.